The summed E-state index contributed by atoms with van der Waals surface area (Å²) >= 11 is 0. The fourth-order valence-electron chi connectivity index (χ4n) is 1.42. The minimum absolute atomic E-state index is 0.246. The van der Waals surface area contributed by atoms with Gasteiger partial charge in [0.25, 0.3) is 5.91 Å². The zero-order valence-electron chi connectivity index (χ0n) is 8.98. The first kappa shape index (κ1) is 14.1. The van der Waals surface area contributed by atoms with Crippen LogP contribution in [0.1, 0.15) is 0 Å². The molecular formula is C7H12N4O7. The molecule has 5 amide bonds. The number of carbonyl (C=O) groups is 3. The quantitative estimate of drug-likeness (QED) is 0.223. The molecule has 102 valence electrons. The fraction of sp³-hybridized carbons (Fsp3) is 0.571. The molecule has 11 heteroatoms. The Balaban J connectivity index is 2.98. The van der Waals surface area contributed by atoms with E-state index in [4.69, 9.17) is 20.4 Å². The van der Waals surface area contributed by atoms with E-state index in [9.17, 15) is 14.4 Å². The van der Waals surface area contributed by atoms with Crippen molar-refractivity contribution in [1.82, 2.24) is 20.4 Å². The first-order valence-electron chi connectivity index (χ1n) is 4.69. The van der Waals surface area contributed by atoms with E-state index in [0.29, 0.717) is 4.90 Å². The van der Waals surface area contributed by atoms with Crippen LogP contribution in [0.2, 0.25) is 0 Å². The first-order valence-corrected chi connectivity index (χ1v) is 4.69. The van der Waals surface area contributed by atoms with Crippen molar-refractivity contribution in [3.63, 3.8) is 0 Å². The molecule has 18 heavy (non-hydrogen) atoms. The summed E-state index contributed by atoms with van der Waals surface area (Å²) in [5.41, 5.74) is 0. The van der Waals surface area contributed by atoms with Gasteiger partial charge in [0, 0.05) is 0 Å². The van der Waals surface area contributed by atoms with Crippen molar-refractivity contribution in [2.24, 2.45) is 0 Å². The Morgan fingerprint density at radius 2 is 2.06 bits per heavy atom. The summed E-state index contributed by atoms with van der Waals surface area (Å²) in [7, 11) is 0. The van der Waals surface area contributed by atoms with Gasteiger partial charge in [-0.05, 0) is 0 Å². The Hall–Kier alpha value is -1.95. The summed E-state index contributed by atoms with van der Waals surface area (Å²) in [5.74, 6) is -1.02. The number of aliphatic hydroxyl groups excluding tert-OH is 3. The van der Waals surface area contributed by atoms with E-state index in [-0.39, 0.29) is 4.90 Å². The maximum atomic E-state index is 11.4. The van der Waals surface area contributed by atoms with Crippen molar-refractivity contribution in [3.05, 3.63) is 0 Å². The van der Waals surface area contributed by atoms with Crippen molar-refractivity contribution in [3.8, 4) is 0 Å². The van der Waals surface area contributed by atoms with Crippen molar-refractivity contribution in [1.29, 1.82) is 0 Å². The molecule has 0 saturated carbocycles. The number of carbonyl (C=O) groups excluding carboxylic acids is 3. The molecule has 0 spiro atoms. The third-order valence-corrected chi connectivity index (χ3v) is 2.15. The Morgan fingerprint density at radius 1 is 1.44 bits per heavy atom. The molecule has 1 fully saturated rings. The second-order valence-electron chi connectivity index (χ2n) is 3.17. The van der Waals surface area contributed by atoms with Crippen LogP contribution in [0.4, 0.5) is 9.59 Å². The number of hydrogen-bond acceptors (Lipinski definition) is 7. The molecule has 1 aliphatic rings. The summed E-state index contributed by atoms with van der Waals surface area (Å²) < 4.78 is 0. The number of aliphatic hydroxyl groups is 4. The van der Waals surface area contributed by atoms with Crippen LogP contribution >= 0.6 is 0 Å². The maximum absolute atomic E-state index is 11.4. The van der Waals surface area contributed by atoms with Gasteiger partial charge < -0.3 is 25.7 Å². The minimum Gasteiger partial charge on any atom is -0.376 e. The Kier molecular flexibility index (Phi) is 4.38. The van der Waals surface area contributed by atoms with Gasteiger partial charge in [0.15, 0.2) is 6.17 Å². The second-order valence-corrected chi connectivity index (χ2v) is 3.17. The fourth-order valence-corrected chi connectivity index (χ4v) is 1.42. The van der Waals surface area contributed by atoms with Crippen LogP contribution in [0.15, 0.2) is 0 Å². The average Bonchev–Trinajstić information content (AvgIpc) is 2.56. The maximum Gasteiger partial charge on any atom is 0.330 e. The predicted molar refractivity (Wildman–Crippen MR) is 51.9 cm³/mol. The number of urea groups is 2. The van der Waals surface area contributed by atoms with E-state index in [0.717, 1.165) is 0 Å². The standard InChI is InChI=1S/C7H12N4O7/c12-1-8-5(15)10(2-13)4-3(14)9-6(16)11(4)7(17)18/h4,7,12-13,17-18H,1-2H2,(H,8,15)(H,9,14,16). The molecule has 1 unspecified atom stereocenters. The number of rotatable bonds is 4. The molecule has 0 aliphatic carbocycles. The normalized spacial score (nSPS) is 19.2. The van der Waals surface area contributed by atoms with E-state index < -0.39 is 44.0 Å². The van der Waals surface area contributed by atoms with Gasteiger partial charge in [-0.25, -0.2) is 14.5 Å². The summed E-state index contributed by atoms with van der Waals surface area (Å²) in [6, 6.07) is -2.20. The molecule has 1 heterocycles. The van der Waals surface area contributed by atoms with Crippen molar-refractivity contribution in [2.75, 3.05) is 13.5 Å². The lowest BCUT2D eigenvalue weighted by Gasteiger charge is -2.31. The van der Waals surface area contributed by atoms with Gasteiger partial charge in [-0.3, -0.25) is 15.0 Å². The van der Waals surface area contributed by atoms with E-state index in [2.05, 4.69) is 0 Å². The van der Waals surface area contributed by atoms with Crippen LogP contribution in [0.25, 0.3) is 0 Å². The number of nitrogens with zero attached hydrogens (tertiary/aromatic N) is 2. The van der Waals surface area contributed by atoms with Crippen LogP contribution < -0.4 is 10.6 Å². The zero-order chi connectivity index (χ0) is 13.9. The van der Waals surface area contributed by atoms with Crippen LogP contribution in [0, 0.1) is 0 Å². The average molecular weight is 264 g/mol. The third kappa shape index (κ3) is 2.48. The summed E-state index contributed by atoms with van der Waals surface area (Å²) in [5, 5.41) is 39.0. The lowest BCUT2D eigenvalue weighted by molar-refractivity contribution is -0.164. The highest BCUT2D eigenvalue weighted by Gasteiger charge is 2.46. The highest BCUT2D eigenvalue weighted by molar-refractivity contribution is 6.05. The van der Waals surface area contributed by atoms with Gasteiger partial charge in [-0.15, -0.1) is 0 Å². The SMILES string of the molecule is O=C1NC(=O)N(C(O)O)C1N(CO)C(=O)NCO. The second kappa shape index (κ2) is 5.59. The van der Waals surface area contributed by atoms with E-state index in [1.165, 1.54) is 0 Å². The van der Waals surface area contributed by atoms with Crippen molar-refractivity contribution in [2.45, 2.75) is 12.6 Å². The molecule has 1 rings (SSSR count). The zero-order valence-corrected chi connectivity index (χ0v) is 8.98. The van der Waals surface area contributed by atoms with Crippen LogP contribution in [0.3, 0.4) is 0 Å². The number of amides is 5. The van der Waals surface area contributed by atoms with Crippen LogP contribution in [-0.2, 0) is 4.79 Å². The van der Waals surface area contributed by atoms with Gasteiger partial charge in [0.1, 0.15) is 13.5 Å². The predicted octanol–water partition coefficient (Wildman–Crippen LogP) is -3.96. The highest BCUT2D eigenvalue weighted by Crippen LogP contribution is 2.14. The molecule has 1 aliphatic heterocycles. The Bertz CT molecular complexity index is 360. The molecule has 0 bridgehead atoms. The first-order chi connectivity index (χ1) is 8.43. The summed E-state index contributed by atoms with van der Waals surface area (Å²) in [6.07, 6.45) is -4.06. The van der Waals surface area contributed by atoms with Crippen LogP contribution in [-0.4, -0.2) is 74.2 Å². The topological polar surface area (TPSA) is 163 Å². The largest absolute Gasteiger partial charge is 0.376 e. The Morgan fingerprint density at radius 3 is 2.50 bits per heavy atom. The van der Waals surface area contributed by atoms with Crippen molar-refractivity contribution < 1.29 is 34.8 Å². The number of nitrogens with one attached hydrogen (secondary N) is 2. The number of imide groups is 1. The van der Waals surface area contributed by atoms with E-state index in [1.54, 1.807) is 5.32 Å². The third-order valence-electron chi connectivity index (χ3n) is 2.15. The van der Waals surface area contributed by atoms with Gasteiger partial charge >= 0.3 is 12.1 Å². The molecule has 0 aromatic heterocycles. The van der Waals surface area contributed by atoms with Gasteiger partial charge in [-0.2, -0.15) is 0 Å². The Labute approximate surface area is 100 Å². The molecule has 6 N–H and O–H groups in total. The van der Waals surface area contributed by atoms with Crippen molar-refractivity contribution >= 4 is 18.0 Å². The lowest BCUT2D eigenvalue weighted by Crippen LogP contribution is -2.57. The summed E-state index contributed by atoms with van der Waals surface area (Å²) in [4.78, 5) is 34.7. The van der Waals surface area contributed by atoms with Crippen LogP contribution in [0.5, 0.6) is 0 Å². The summed E-state index contributed by atoms with van der Waals surface area (Å²) in [6.45, 7) is -1.75. The number of hydrogen-bond donors (Lipinski definition) is 6. The lowest BCUT2D eigenvalue weighted by atomic mass is 10.4. The van der Waals surface area contributed by atoms with E-state index >= 15 is 0 Å². The molecule has 0 aromatic rings. The highest BCUT2D eigenvalue weighted by atomic mass is 16.5. The monoisotopic (exact) mass is 264 g/mol. The molecule has 1 atom stereocenters. The minimum atomic E-state index is -2.34. The molecule has 0 aromatic carbocycles. The van der Waals surface area contributed by atoms with Gasteiger partial charge in [-0.1, -0.05) is 0 Å². The smallest absolute Gasteiger partial charge is 0.330 e. The molecular weight excluding hydrogens is 252 g/mol. The molecule has 0 radical (unpaired) electrons. The molecule has 11 nitrogen and oxygen atoms in total. The van der Waals surface area contributed by atoms with E-state index in [1.807, 2.05) is 5.32 Å². The van der Waals surface area contributed by atoms with Gasteiger partial charge in [0.05, 0.1) is 0 Å². The van der Waals surface area contributed by atoms with Gasteiger partial charge in [0.2, 0.25) is 6.41 Å². The molecule has 1 saturated heterocycles.